The van der Waals surface area contributed by atoms with Gasteiger partial charge in [0.05, 0.1) is 0 Å². The molecule has 3 atom stereocenters. The number of fused-ring (bicyclic) bond motifs is 1. The number of carbonyl (C=O) groups is 1. The molecule has 0 unspecified atom stereocenters. The molecule has 3 heteroatoms. The highest BCUT2D eigenvalue weighted by atomic mass is 16.5. The lowest BCUT2D eigenvalue weighted by atomic mass is 9.84. The largest absolute Gasteiger partial charge is 0.487 e. The maximum absolute atomic E-state index is 11.6. The molecule has 1 aromatic carbocycles. The van der Waals surface area contributed by atoms with E-state index in [-0.39, 0.29) is 11.6 Å². The Morgan fingerprint density at radius 3 is 2.09 bits per heavy atom. The summed E-state index contributed by atoms with van der Waals surface area (Å²) in [4.78, 5) is 11.6. The molecule has 0 N–H and O–H groups in total. The summed E-state index contributed by atoms with van der Waals surface area (Å²) in [6.07, 6.45) is 13.9. The summed E-state index contributed by atoms with van der Waals surface area (Å²) >= 11 is 0. The average molecular weight is 475 g/mol. The standard InChI is InChI=1S/C31H52O3/c1-21(2)13-10-14-22(3)15-11-16-23(4)17-12-19-31(9)20-18-28-26(7)29(33-27(8)32)24(5)25(6)30(28)34-31/h21-23H,10-20H2,1-9H3/t22-,23-,31+/m1/s1/i7+2. The minimum atomic E-state index is -0.262. The molecule has 0 aromatic heterocycles. The summed E-state index contributed by atoms with van der Waals surface area (Å²) in [6.45, 7) is 19.5. The van der Waals surface area contributed by atoms with Crippen LogP contribution in [0.25, 0.3) is 0 Å². The third-order valence-corrected chi connectivity index (χ3v) is 8.08. The zero-order valence-corrected chi connectivity index (χ0v) is 23.7. The molecular weight excluding hydrogens is 422 g/mol. The summed E-state index contributed by atoms with van der Waals surface area (Å²) < 4.78 is 12.2. The first-order valence-electron chi connectivity index (χ1n) is 13.9. The van der Waals surface area contributed by atoms with Crippen LogP contribution < -0.4 is 9.47 Å². The fourth-order valence-electron chi connectivity index (χ4n) is 5.56. The molecule has 194 valence electrons. The van der Waals surface area contributed by atoms with Crippen molar-refractivity contribution in [3.63, 3.8) is 0 Å². The Labute approximate surface area is 210 Å². The van der Waals surface area contributed by atoms with Crippen LogP contribution in [0, 0.1) is 38.5 Å². The lowest BCUT2D eigenvalue weighted by Gasteiger charge is -2.38. The molecule has 3 nitrogen and oxygen atoms in total. The van der Waals surface area contributed by atoms with Gasteiger partial charge < -0.3 is 9.47 Å². The molecule has 0 fully saturated rings. The Morgan fingerprint density at radius 2 is 1.53 bits per heavy atom. The van der Waals surface area contributed by atoms with E-state index in [1.165, 1.54) is 63.9 Å². The van der Waals surface area contributed by atoms with E-state index >= 15 is 0 Å². The molecule has 34 heavy (non-hydrogen) atoms. The SMILES string of the molecule is CC(=O)Oc1c(C)c(C)c2c(c1[14CH3])CC[C@](C)(CCC[C@H](C)CCC[C@H](C)CCCC(C)C)O2. The van der Waals surface area contributed by atoms with Crippen LogP contribution in [0.5, 0.6) is 11.5 Å². The first kappa shape index (κ1) is 28.7. The van der Waals surface area contributed by atoms with Crippen LogP contribution in [0.1, 0.15) is 128 Å². The number of hydrogen-bond donors (Lipinski definition) is 0. The van der Waals surface area contributed by atoms with Crippen LogP contribution >= 0.6 is 0 Å². The van der Waals surface area contributed by atoms with Crippen molar-refractivity contribution in [1.82, 2.24) is 0 Å². The van der Waals surface area contributed by atoms with E-state index in [1.54, 1.807) is 0 Å². The number of carbonyl (C=O) groups excluding carboxylic acids is 1. The smallest absolute Gasteiger partial charge is 0.308 e. The summed E-state index contributed by atoms with van der Waals surface area (Å²) in [5, 5.41) is 0. The number of ether oxygens (including phenoxy) is 2. The summed E-state index contributed by atoms with van der Waals surface area (Å²) in [6, 6.07) is 0. The van der Waals surface area contributed by atoms with E-state index in [0.717, 1.165) is 65.2 Å². The highest BCUT2D eigenvalue weighted by Crippen LogP contribution is 2.45. The van der Waals surface area contributed by atoms with Crippen molar-refractivity contribution in [3.05, 3.63) is 22.3 Å². The highest BCUT2D eigenvalue weighted by molar-refractivity contribution is 5.72. The van der Waals surface area contributed by atoms with Crippen molar-refractivity contribution in [2.24, 2.45) is 17.8 Å². The first-order valence-corrected chi connectivity index (χ1v) is 13.9. The molecule has 0 saturated carbocycles. The van der Waals surface area contributed by atoms with E-state index in [0.29, 0.717) is 0 Å². The van der Waals surface area contributed by atoms with Gasteiger partial charge in [0, 0.05) is 12.5 Å². The quantitative estimate of drug-likeness (QED) is 0.211. The van der Waals surface area contributed by atoms with Crippen molar-refractivity contribution in [1.29, 1.82) is 0 Å². The Kier molecular flexibility index (Phi) is 11.0. The minimum Gasteiger partial charge on any atom is -0.487 e. The highest BCUT2D eigenvalue weighted by Gasteiger charge is 2.34. The number of esters is 1. The Morgan fingerprint density at radius 1 is 0.971 bits per heavy atom. The monoisotopic (exact) mass is 474 g/mol. The fraction of sp³-hybridized carbons (Fsp3) is 0.774. The molecule has 0 saturated heterocycles. The topological polar surface area (TPSA) is 35.5 Å². The predicted molar refractivity (Wildman–Crippen MR) is 144 cm³/mol. The molecule has 0 radical (unpaired) electrons. The fourth-order valence-corrected chi connectivity index (χ4v) is 5.56. The second-order valence-electron chi connectivity index (χ2n) is 12.0. The van der Waals surface area contributed by atoms with E-state index in [1.807, 2.05) is 6.92 Å². The van der Waals surface area contributed by atoms with Crippen molar-refractivity contribution < 1.29 is 14.3 Å². The van der Waals surface area contributed by atoms with E-state index in [2.05, 4.69) is 48.5 Å². The molecule has 0 aliphatic carbocycles. The zero-order valence-electron chi connectivity index (χ0n) is 23.7. The summed E-state index contributed by atoms with van der Waals surface area (Å²) in [5.74, 6) is 3.99. The summed E-state index contributed by atoms with van der Waals surface area (Å²) in [5.41, 5.74) is 4.29. The molecule has 0 amide bonds. The first-order chi connectivity index (χ1) is 15.9. The van der Waals surface area contributed by atoms with Crippen LogP contribution in [0.15, 0.2) is 0 Å². The lowest BCUT2D eigenvalue weighted by Crippen LogP contribution is -2.37. The van der Waals surface area contributed by atoms with Gasteiger partial charge in [0.1, 0.15) is 17.1 Å². The van der Waals surface area contributed by atoms with Crippen molar-refractivity contribution >= 4 is 5.97 Å². The Hall–Kier alpha value is -1.51. The van der Waals surface area contributed by atoms with Gasteiger partial charge in [-0.2, -0.15) is 0 Å². The average Bonchev–Trinajstić information content (AvgIpc) is 2.74. The van der Waals surface area contributed by atoms with Gasteiger partial charge in [0.15, 0.2) is 0 Å². The van der Waals surface area contributed by atoms with E-state index in [9.17, 15) is 4.79 Å². The number of benzene rings is 1. The summed E-state index contributed by atoms with van der Waals surface area (Å²) in [7, 11) is 0. The molecule has 1 aliphatic rings. The van der Waals surface area contributed by atoms with Gasteiger partial charge >= 0.3 is 5.97 Å². The maximum atomic E-state index is 11.6. The number of hydrogen-bond acceptors (Lipinski definition) is 3. The van der Waals surface area contributed by atoms with Crippen molar-refractivity contribution in [2.45, 2.75) is 139 Å². The molecule has 0 spiro atoms. The second-order valence-corrected chi connectivity index (χ2v) is 12.0. The number of rotatable bonds is 13. The van der Waals surface area contributed by atoms with Crippen molar-refractivity contribution in [3.8, 4) is 11.5 Å². The third kappa shape index (κ3) is 8.31. The van der Waals surface area contributed by atoms with Crippen LogP contribution in [-0.2, 0) is 11.2 Å². The predicted octanol–water partition coefficient (Wildman–Crippen LogP) is 9.06. The van der Waals surface area contributed by atoms with Gasteiger partial charge in [-0.1, -0.05) is 72.6 Å². The Balaban J connectivity index is 1.82. The molecule has 1 aromatic rings. The zero-order chi connectivity index (χ0) is 25.5. The lowest BCUT2D eigenvalue weighted by molar-refractivity contribution is -0.132. The van der Waals surface area contributed by atoms with Crippen molar-refractivity contribution in [2.75, 3.05) is 0 Å². The van der Waals surface area contributed by atoms with Gasteiger partial charge in [-0.05, 0) is 87.8 Å². The van der Waals surface area contributed by atoms with Crippen LogP contribution in [0.3, 0.4) is 0 Å². The van der Waals surface area contributed by atoms with Gasteiger partial charge in [0.2, 0.25) is 0 Å². The molecular formula is C31H52O3. The molecule has 0 bridgehead atoms. The van der Waals surface area contributed by atoms with Crippen LogP contribution in [-0.4, -0.2) is 11.6 Å². The van der Waals surface area contributed by atoms with Gasteiger partial charge in [-0.15, -0.1) is 0 Å². The molecule has 1 heterocycles. The second kappa shape index (κ2) is 13.0. The molecule has 1 aliphatic heterocycles. The van der Waals surface area contributed by atoms with Gasteiger partial charge in [-0.25, -0.2) is 0 Å². The van der Waals surface area contributed by atoms with E-state index in [4.69, 9.17) is 9.47 Å². The van der Waals surface area contributed by atoms with Crippen LogP contribution in [0.4, 0.5) is 0 Å². The maximum Gasteiger partial charge on any atom is 0.308 e. The Bertz CT molecular complexity index is 810. The van der Waals surface area contributed by atoms with Gasteiger partial charge in [0.25, 0.3) is 0 Å². The minimum absolute atomic E-state index is 0.107. The van der Waals surface area contributed by atoms with E-state index < -0.39 is 0 Å². The normalized spacial score (nSPS) is 19.5. The van der Waals surface area contributed by atoms with Crippen LogP contribution in [0.2, 0.25) is 0 Å². The molecule has 2 rings (SSSR count). The third-order valence-electron chi connectivity index (χ3n) is 8.08. The van der Waals surface area contributed by atoms with Gasteiger partial charge in [-0.3, -0.25) is 4.79 Å².